The third-order valence-corrected chi connectivity index (χ3v) is 9.11. The average molecular weight is 626 g/mol. The molecule has 0 unspecified atom stereocenters. The molecule has 1 aromatic carbocycles. The predicted molar refractivity (Wildman–Crippen MR) is 168 cm³/mol. The molecule has 2 fully saturated rings. The zero-order chi connectivity index (χ0) is 32.5. The molecule has 12 nitrogen and oxygen atoms in total. The van der Waals surface area contributed by atoms with Gasteiger partial charge in [0.15, 0.2) is 0 Å². The highest BCUT2D eigenvalue weighted by atomic mass is 16.6. The Morgan fingerprint density at radius 1 is 0.956 bits per heavy atom. The van der Waals surface area contributed by atoms with Gasteiger partial charge in [-0.3, -0.25) is 24.0 Å². The highest BCUT2D eigenvalue weighted by Gasteiger charge is 2.40. The fourth-order valence-electron chi connectivity index (χ4n) is 6.25. The summed E-state index contributed by atoms with van der Waals surface area (Å²) in [6.07, 6.45) is 6.98. The van der Waals surface area contributed by atoms with Gasteiger partial charge in [0.1, 0.15) is 31.3 Å². The molecular formula is C33H47N5O7. The van der Waals surface area contributed by atoms with Crippen LogP contribution in [0.25, 0.3) is 10.9 Å². The molecule has 2 aromatic rings. The van der Waals surface area contributed by atoms with Crippen molar-refractivity contribution >= 4 is 40.5 Å². The number of rotatable bonds is 11. The Labute approximate surface area is 264 Å². The zero-order valence-electron chi connectivity index (χ0n) is 26.8. The number of nitrogens with one attached hydrogen (secondary N) is 3. The number of carbonyl (C=O) groups is 5. The van der Waals surface area contributed by atoms with Crippen molar-refractivity contribution in [2.45, 2.75) is 102 Å². The maximum Gasteiger partial charge on any atom is 0.305 e. The van der Waals surface area contributed by atoms with Crippen molar-refractivity contribution in [3.8, 4) is 0 Å². The molecule has 5 atom stereocenters. The first-order valence-corrected chi connectivity index (χ1v) is 16.1. The first-order valence-electron chi connectivity index (χ1n) is 16.1. The molecule has 246 valence electrons. The van der Waals surface area contributed by atoms with E-state index in [9.17, 15) is 24.0 Å². The molecule has 0 bridgehead atoms. The molecular weight excluding hydrogens is 578 g/mol. The van der Waals surface area contributed by atoms with Crippen LogP contribution in [0, 0.1) is 5.92 Å². The van der Waals surface area contributed by atoms with Crippen LogP contribution in [0.3, 0.4) is 0 Å². The summed E-state index contributed by atoms with van der Waals surface area (Å²) in [7, 11) is 2.90. The van der Waals surface area contributed by atoms with E-state index in [0.717, 1.165) is 29.3 Å². The Bertz CT molecular complexity index is 1370. The number of hydrogen-bond donors (Lipinski definition) is 3. The summed E-state index contributed by atoms with van der Waals surface area (Å²) in [5, 5.41) is 9.68. The molecule has 0 spiro atoms. The standard InChI is InChI=1S/C33H47N5O7/c1-5-21(2)29-33(43)37-18-12-11-16-27(37)32(42)34-24(14-7-6-8-17-28(39)44-3)30(40)35-25(31(41)36-29)19-22-20-38(45-4)26-15-10-9-13-23(22)26/h9-10,13,15,20-21,24-25,27,29H,5-8,11-12,14,16-19H2,1-4H3,(H,34,42)(H,35,40)(H,36,41)/t21-,24-,25-,27+,29-/m0/s1. The van der Waals surface area contributed by atoms with Crippen LogP contribution in [0.15, 0.2) is 30.5 Å². The summed E-state index contributed by atoms with van der Waals surface area (Å²) in [6, 6.07) is 4.10. The summed E-state index contributed by atoms with van der Waals surface area (Å²) in [5.41, 5.74) is 1.60. The fraction of sp³-hybridized carbons (Fsp3) is 0.606. The number of nitrogens with zero attached hydrogens (tertiary/aromatic N) is 2. The van der Waals surface area contributed by atoms with Crippen molar-refractivity contribution in [2.75, 3.05) is 20.8 Å². The van der Waals surface area contributed by atoms with Crippen LogP contribution in [-0.2, 0) is 35.1 Å². The lowest BCUT2D eigenvalue weighted by Gasteiger charge is -2.39. The number of piperidine rings is 1. The Balaban J connectivity index is 1.66. The monoisotopic (exact) mass is 625 g/mol. The van der Waals surface area contributed by atoms with Gasteiger partial charge >= 0.3 is 5.97 Å². The smallest absolute Gasteiger partial charge is 0.305 e. The highest BCUT2D eigenvalue weighted by Crippen LogP contribution is 2.24. The molecule has 0 saturated carbocycles. The number of carbonyl (C=O) groups excluding carboxylic acids is 5. The SMILES string of the molecule is CC[C@H](C)[C@@H]1NC(=O)[C@H](Cc2cn(OC)c3ccccc23)NC(=O)[C@H](CCCCCC(=O)OC)NC(=O)[C@H]2CCCCN2C1=O. The molecule has 3 heterocycles. The lowest BCUT2D eigenvalue weighted by Crippen LogP contribution is -2.64. The number of fused-ring (bicyclic) bond motifs is 2. The first-order chi connectivity index (χ1) is 21.7. The number of methoxy groups -OCH3 is 1. The van der Waals surface area contributed by atoms with E-state index in [-0.39, 0.29) is 36.5 Å². The van der Waals surface area contributed by atoms with Crippen LogP contribution in [0.4, 0.5) is 0 Å². The summed E-state index contributed by atoms with van der Waals surface area (Å²) < 4.78 is 6.32. The minimum absolute atomic E-state index is 0.141. The van der Waals surface area contributed by atoms with Crippen molar-refractivity contribution in [1.29, 1.82) is 0 Å². The third-order valence-electron chi connectivity index (χ3n) is 9.11. The van der Waals surface area contributed by atoms with Gasteiger partial charge in [-0.2, -0.15) is 4.73 Å². The van der Waals surface area contributed by atoms with Crippen molar-refractivity contribution in [3.63, 3.8) is 0 Å². The van der Waals surface area contributed by atoms with Gasteiger partial charge in [0.05, 0.1) is 12.6 Å². The normalized spacial score (nSPS) is 23.6. The molecule has 45 heavy (non-hydrogen) atoms. The number of unbranched alkanes of at least 4 members (excludes halogenated alkanes) is 2. The second-order valence-electron chi connectivity index (χ2n) is 12.1. The van der Waals surface area contributed by atoms with Gasteiger partial charge in [-0.05, 0) is 49.7 Å². The minimum atomic E-state index is -1.02. The highest BCUT2D eigenvalue weighted by molar-refractivity contribution is 5.98. The summed E-state index contributed by atoms with van der Waals surface area (Å²) in [5.74, 6) is -2.08. The maximum absolute atomic E-state index is 14.0. The number of amides is 4. The molecule has 1 aromatic heterocycles. The van der Waals surface area contributed by atoms with E-state index >= 15 is 0 Å². The van der Waals surface area contributed by atoms with E-state index in [1.54, 1.807) is 22.9 Å². The topological polar surface area (TPSA) is 148 Å². The van der Waals surface area contributed by atoms with Gasteiger partial charge < -0.3 is 30.4 Å². The zero-order valence-corrected chi connectivity index (χ0v) is 26.8. The second kappa shape index (κ2) is 15.8. The van der Waals surface area contributed by atoms with E-state index in [1.165, 1.54) is 7.11 Å². The lowest BCUT2D eigenvalue weighted by atomic mass is 9.93. The molecule has 4 rings (SSSR count). The van der Waals surface area contributed by atoms with Crippen LogP contribution >= 0.6 is 0 Å². The number of benzene rings is 1. The van der Waals surface area contributed by atoms with Crippen LogP contribution in [-0.4, -0.2) is 84.2 Å². The van der Waals surface area contributed by atoms with Gasteiger partial charge in [-0.15, -0.1) is 0 Å². The molecule has 0 radical (unpaired) electrons. The Hall–Kier alpha value is -4.09. The van der Waals surface area contributed by atoms with E-state index in [1.807, 2.05) is 38.1 Å². The summed E-state index contributed by atoms with van der Waals surface area (Å²) in [4.78, 5) is 74.2. The minimum Gasteiger partial charge on any atom is -0.469 e. The molecule has 0 aliphatic carbocycles. The predicted octanol–water partition coefficient (Wildman–Crippen LogP) is 2.26. The summed E-state index contributed by atoms with van der Waals surface area (Å²) >= 11 is 0. The number of ether oxygens (including phenoxy) is 1. The van der Waals surface area contributed by atoms with E-state index in [4.69, 9.17) is 9.57 Å². The van der Waals surface area contributed by atoms with Gasteiger partial charge in [-0.1, -0.05) is 51.3 Å². The van der Waals surface area contributed by atoms with E-state index in [0.29, 0.717) is 45.1 Å². The Morgan fingerprint density at radius 3 is 2.42 bits per heavy atom. The average Bonchev–Trinajstić information content (AvgIpc) is 3.41. The number of aromatic nitrogens is 1. The fourth-order valence-corrected chi connectivity index (χ4v) is 6.25. The van der Waals surface area contributed by atoms with Crippen molar-refractivity contribution in [1.82, 2.24) is 25.6 Å². The number of hydrogen-bond acceptors (Lipinski definition) is 7. The molecule has 2 aliphatic heterocycles. The van der Waals surface area contributed by atoms with Gasteiger partial charge in [0, 0.05) is 31.0 Å². The second-order valence-corrected chi connectivity index (χ2v) is 12.1. The third kappa shape index (κ3) is 8.15. The first kappa shape index (κ1) is 33.8. The van der Waals surface area contributed by atoms with Crippen LogP contribution in [0.2, 0.25) is 0 Å². The summed E-state index contributed by atoms with van der Waals surface area (Å²) in [6.45, 7) is 4.27. The molecule has 2 aliphatic rings. The quantitative estimate of drug-likeness (QED) is 0.256. The van der Waals surface area contributed by atoms with E-state index in [2.05, 4.69) is 16.0 Å². The van der Waals surface area contributed by atoms with Crippen LogP contribution < -0.4 is 20.8 Å². The largest absolute Gasteiger partial charge is 0.469 e. The maximum atomic E-state index is 14.0. The van der Waals surface area contributed by atoms with Crippen LogP contribution in [0.1, 0.15) is 77.2 Å². The van der Waals surface area contributed by atoms with Gasteiger partial charge in [-0.25, -0.2) is 0 Å². The van der Waals surface area contributed by atoms with Crippen molar-refractivity contribution in [2.24, 2.45) is 5.92 Å². The van der Waals surface area contributed by atoms with E-state index < -0.39 is 36.0 Å². The van der Waals surface area contributed by atoms with Gasteiger partial charge in [0.25, 0.3) is 0 Å². The Kier molecular flexibility index (Phi) is 11.8. The number of esters is 1. The molecule has 4 amide bonds. The lowest BCUT2D eigenvalue weighted by molar-refractivity contribution is -0.147. The molecule has 2 saturated heterocycles. The van der Waals surface area contributed by atoms with Gasteiger partial charge in [0.2, 0.25) is 23.6 Å². The molecule has 3 N–H and O–H groups in total. The van der Waals surface area contributed by atoms with Crippen molar-refractivity contribution < 1.29 is 33.5 Å². The Morgan fingerprint density at radius 2 is 1.69 bits per heavy atom. The molecule has 12 heteroatoms. The van der Waals surface area contributed by atoms with Crippen LogP contribution in [0.5, 0.6) is 0 Å². The van der Waals surface area contributed by atoms with Crippen molar-refractivity contribution in [3.05, 3.63) is 36.0 Å². The number of para-hydroxylation sites is 1.